The molecular formula is C17H13Cl2N3O2S. The quantitative estimate of drug-likeness (QED) is 0.667. The van der Waals surface area contributed by atoms with Crippen LogP contribution in [-0.2, 0) is 4.79 Å². The van der Waals surface area contributed by atoms with Crippen molar-refractivity contribution in [2.75, 3.05) is 5.32 Å². The number of amides is 1. The van der Waals surface area contributed by atoms with Gasteiger partial charge >= 0.3 is 0 Å². The van der Waals surface area contributed by atoms with Crippen molar-refractivity contribution in [3.8, 4) is 17.0 Å². The van der Waals surface area contributed by atoms with Crippen LogP contribution >= 0.6 is 34.5 Å². The average molecular weight is 394 g/mol. The maximum absolute atomic E-state index is 12.3. The summed E-state index contributed by atoms with van der Waals surface area (Å²) in [6, 6.07) is 8.57. The summed E-state index contributed by atoms with van der Waals surface area (Å²) >= 11 is 13.2. The molecule has 2 aromatic heterocycles. The summed E-state index contributed by atoms with van der Waals surface area (Å²) in [5, 5.41) is 5.93. The maximum atomic E-state index is 12.3. The van der Waals surface area contributed by atoms with Crippen LogP contribution in [0, 0.1) is 0 Å². The second-order valence-corrected chi connectivity index (χ2v) is 6.81. The molecule has 0 saturated heterocycles. The zero-order valence-corrected chi connectivity index (χ0v) is 15.4. The molecule has 0 aliphatic heterocycles. The van der Waals surface area contributed by atoms with Crippen molar-refractivity contribution in [1.29, 1.82) is 0 Å². The van der Waals surface area contributed by atoms with Crippen LogP contribution in [0.5, 0.6) is 5.75 Å². The third kappa shape index (κ3) is 4.48. The minimum Gasteiger partial charge on any atom is -0.479 e. The van der Waals surface area contributed by atoms with Crippen LogP contribution in [0.4, 0.5) is 5.13 Å². The fourth-order valence-electron chi connectivity index (χ4n) is 2.00. The van der Waals surface area contributed by atoms with Crippen LogP contribution in [0.3, 0.4) is 0 Å². The summed E-state index contributed by atoms with van der Waals surface area (Å²) in [4.78, 5) is 20.7. The molecule has 0 spiro atoms. The minimum absolute atomic E-state index is 0.321. The first kappa shape index (κ1) is 17.7. The van der Waals surface area contributed by atoms with Gasteiger partial charge in [-0.25, -0.2) is 4.98 Å². The Morgan fingerprint density at radius 3 is 2.88 bits per heavy atom. The Kier molecular flexibility index (Phi) is 5.53. The molecule has 0 fully saturated rings. The number of carbonyl (C=O) groups is 1. The number of aromatic nitrogens is 2. The Morgan fingerprint density at radius 1 is 1.32 bits per heavy atom. The number of anilines is 1. The minimum atomic E-state index is -0.746. The topological polar surface area (TPSA) is 64.1 Å². The van der Waals surface area contributed by atoms with Crippen molar-refractivity contribution in [2.24, 2.45) is 0 Å². The van der Waals surface area contributed by atoms with E-state index in [9.17, 15) is 4.79 Å². The molecule has 3 rings (SSSR count). The number of pyridine rings is 1. The number of rotatable bonds is 5. The van der Waals surface area contributed by atoms with Crippen molar-refractivity contribution in [2.45, 2.75) is 13.0 Å². The fourth-order valence-corrected chi connectivity index (χ4v) is 3.18. The molecule has 128 valence electrons. The third-order valence-electron chi connectivity index (χ3n) is 3.26. The maximum Gasteiger partial charge on any atom is 0.266 e. The number of nitrogens with zero attached hydrogens (tertiary/aromatic N) is 2. The number of carbonyl (C=O) groups excluding carboxylic acids is 1. The van der Waals surface area contributed by atoms with Crippen molar-refractivity contribution < 1.29 is 9.53 Å². The number of thiazole rings is 1. The molecule has 1 atom stereocenters. The standard InChI is InChI=1S/C17H13Cl2N3O2S/c1-10(24-15-5-4-12(18)7-13(15)19)16(23)22-17-21-14(9-25-17)11-3-2-6-20-8-11/h2-10H,1H3,(H,21,22,23)/t10-/m0/s1. The van der Waals surface area contributed by atoms with E-state index in [0.717, 1.165) is 11.3 Å². The van der Waals surface area contributed by atoms with Gasteiger partial charge in [-0.2, -0.15) is 0 Å². The first-order chi connectivity index (χ1) is 12.0. The van der Waals surface area contributed by atoms with E-state index < -0.39 is 6.10 Å². The van der Waals surface area contributed by atoms with Crippen molar-refractivity contribution in [3.05, 3.63) is 58.2 Å². The Bertz CT molecular complexity index is 887. The summed E-state index contributed by atoms with van der Waals surface area (Å²) in [6.45, 7) is 1.63. The molecule has 0 radical (unpaired) electrons. The highest BCUT2D eigenvalue weighted by atomic mass is 35.5. The predicted octanol–water partition coefficient (Wildman–Crippen LogP) is 4.92. The van der Waals surface area contributed by atoms with E-state index in [1.807, 2.05) is 17.5 Å². The van der Waals surface area contributed by atoms with Gasteiger partial charge in [0.25, 0.3) is 5.91 Å². The summed E-state index contributed by atoms with van der Waals surface area (Å²) in [5.74, 6) is 0.0713. The molecule has 0 unspecified atom stereocenters. The van der Waals surface area contributed by atoms with Gasteiger partial charge in [0.15, 0.2) is 11.2 Å². The lowest BCUT2D eigenvalue weighted by Crippen LogP contribution is -2.30. The largest absolute Gasteiger partial charge is 0.479 e. The number of ether oxygens (including phenoxy) is 1. The molecule has 5 nitrogen and oxygen atoms in total. The first-order valence-corrected chi connectivity index (χ1v) is 8.95. The number of nitrogens with one attached hydrogen (secondary N) is 1. The summed E-state index contributed by atoms with van der Waals surface area (Å²) in [7, 11) is 0. The lowest BCUT2D eigenvalue weighted by Gasteiger charge is -2.14. The van der Waals surface area contributed by atoms with Gasteiger partial charge in [-0.05, 0) is 37.3 Å². The molecule has 1 aromatic carbocycles. The lowest BCUT2D eigenvalue weighted by atomic mass is 10.2. The van der Waals surface area contributed by atoms with Gasteiger partial charge in [-0.1, -0.05) is 23.2 Å². The second-order valence-electron chi connectivity index (χ2n) is 5.10. The van der Waals surface area contributed by atoms with Crippen LogP contribution in [0.2, 0.25) is 10.0 Å². The molecule has 0 bridgehead atoms. The third-order valence-corrected chi connectivity index (χ3v) is 4.55. The Balaban J connectivity index is 1.65. The van der Waals surface area contributed by atoms with Gasteiger partial charge < -0.3 is 4.74 Å². The van der Waals surface area contributed by atoms with E-state index in [2.05, 4.69) is 15.3 Å². The molecule has 0 aliphatic carbocycles. The van der Waals surface area contributed by atoms with Crippen molar-refractivity contribution in [3.63, 3.8) is 0 Å². The second kappa shape index (κ2) is 7.82. The highest BCUT2D eigenvalue weighted by Crippen LogP contribution is 2.29. The van der Waals surface area contributed by atoms with E-state index in [-0.39, 0.29) is 5.91 Å². The number of hydrogen-bond donors (Lipinski definition) is 1. The van der Waals surface area contributed by atoms with Crippen LogP contribution in [0.1, 0.15) is 6.92 Å². The van der Waals surface area contributed by atoms with Crippen LogP contribution in [0.25, 0.3) is 11.3 Å². The van der Waals surface area contributed by atoms with Gasteiger partial charge in [0.1, 0.15) is 5.75 Å². The zero-order chi connectivity index (χ0) is 17.8. The molecular weight excluding hydrogens is 381 g/mol. The normalized spacial score (nSPS) is 11.8. The summed E-state index contributed by atoms with van der Waals surface area (Å²) < 4.78 is 5.59. The summed E-state index contributed by atoms with van der Waals surface area (Å²) in [5.41, 5.74) is 1.64. The van der Waals surface area contributed by atoms with E-state index in [1.165, 1.54) is 11.3 Å². The van der Waals surface area contributed by atoms with Gasteiger partial charge in [-0.15, -0.1) is 11.3 Å². The smallest absolute Gasteiger partial charge is 0.266 e. The van der Waals surface area contributed by atoms with Crippen molar-refractivity contribution >= 4 is 45.6 Å². The Hall–Kier alpha value is -2.15. The van der Waals surface area contributed by atoms with Crippen LogP contribution in [0.15, 0.2) is 48.1 Å². The highest BCUT2D eigenvalue weighted by molar-refractivity contribution is 7.14. The average Bonchev–Trinajstić information content (AvgIpc) is 3.06. The molecule has 1 amide bonds. The Labute approximate surface area is 158 Å². The van der Waals surface area contributed by atoms with Gasteiger partial charge in [-0.3, -0.25) is 15.1 Å². The van der Waals surface area contributed by atoms with Gasteiger partial charge in [0.05, 0.1) is 10.7 Å². The number of halogens is 2. The van der Waals surface area contributed by atoms with Crippen molar-refractivity contribution in [1.82, 2.24) is 9.97 Å². The van der Waals surface area contributed by atoms with Gasteiger partial charge in [0, 0.05) is 28.4 Å². The van der Waals surface area contributed by atoms with E-state index in [1.54, 1.807) is 37.5 Å². The SMILES string of the molecule is C[C@H](Oc1ccc(Cl)cc1Cl)C(=O)Nc1nc(-c2cccnc2)cs1. The zero-order valence-electron chi connectivity index (χ0n) is 13.1. The summed E-state index contributed by atoms with van der Waals surface area (Å²) in [6.07, 6.45) is 2.67. The molecule has 3 aromatic rings. The predicted molar refractivity (Wildman–Crippen MR) is 101 cm³/mol. The van der Waals surface area contributed by atoms with E-state index in [0.29, 0.717) is 20.9 Å². The molecule has 8 heteroatoms. The number of hydrogen-bond acceptors (Lipinski definition) is 5. The highest BCUT2D eigenvalue weighted by Gasteiger charge is 2.18. The molecule has 0 aliphatic rings. The molecule has 25 heavy (non-hydrogen) atoms. The fraction of sp³-hybridized carbons (Fsp3) is 0.118. The first-order valence-electron chi connectivity index (χ1n) is 7.31. The van der Waals surface area contributed by atoms with E-state index >= 15 is 0 Å². The van der Waals surface area contributed by atoms with Crippen LogP contribution in [-0.4, -0.2) is 22.0 Å². The monoisotopic (exact) mass is 393 g/mol. The molecule has 1 N–H and O–H groups in total. The molecule has 2 heterocycles. The van der Waals surface area contributed by atoms with Gasteiger partial charge in [0.2, 0.25) is 0 Å². The lowest BCUT2D eigenvalue weighted by molar-refractivity contribution is -0.122. The number of benzene rings is 1. The molecule has 0 saturated carbocycles. The van der Waals surface area contributed by atoms with E-state index in [4.69, 9.17) is 27.9 Å². The van der Waals surface area contributed by atoms with Crippen LogP contribution < -0.4 is 10.1 Å². The Morgan fingerprint density at radius 2 is 2.16 bits per heavy atom.